The van der Waals surface area contributed by atoms with E-state index in [2.05, 4.69) is 9.97 Å². The summed E-state index contributed by atoms with van der Waals surface area (Å²) in [6.07, 6.45) is 2.25. The average molecular weight is 401 g/mol. The number of H-pyrrole nitrogens is 1. The van der Waals surface area contributed by atoms with Crippen LogP contribution in [0.15, 0.2) is 27.7 Å². The number of thiophene rings is 1. The molecule has 7 nitrogen and oxygen atoms in total. The van der Waals surface area contributed by atoms with Gasteiger partial charge in [0.2, 0.25) is 11.8 Å². The maximum absolute atomic E-state index is 12.9. The smallest absolute Gasteiger partial charge is 0.251 e. The van der Waals surface area contributed by atoms with Gasteiger partial charge in [-0.15, -0.1) is 0 Å². The molecule has 1 N–H and O–H groups in total. The van der Waals surface area contributed by atoms with E-state index in [0.29, 0.717) is 37.7 Å². The summed E-state index contributed by atoms with van der Waals surface area (Å²) in [5.41, 5.74) is 1.47. The zero-order chi connectivity index (χ0) is 19.7. The van der Waals surface area contributed by atoms with Crippen LogP contribution < -0.4 is 5.56 Å². The predicted molar refractivity (Wildman–Crippen MR) is 107 cm³/mol. The van der Waals surface area contributed by atoms with E-state index in [1.54, 1.807) is 23.2 Å². The Hall–Kier alpha value is -2.48. The Kier molecular flexibility index (Phi) is 5.30. The van der Waals surface area contributed by atoms with Gasteiger partial charge in [0.1, 0.15) is 5.82 Å². The van der Waals surface area contributed by atoms with Crippen LogP contribution >= 0.6 is 11.3 Å². The van der Waals surface area contributed by atoms with Crippen molar-refractivity contribution in [2.75, 3.05) is 26.2 Å². The van der Waals surface area contributed by atoms with Gasteiger partial charge >= 0.3 is 0 Å². The minimum absolute atomic E-state index is 0.0153. The van der Waals surface area contributed by atoms with Crippen LogP contribution in [0.2, 0.25) is 0 Å². The number of carbonyl (C=O) groups is 2. The SMILES string of the molecule is CC(=O)N1CCC(C(=O)N2CC[C@@H](c3nc(-c4ccsc4)cc(=O)[nH]3)C2)CC1. The second kappa shape index (κ2) is 7.87. The maximum atomic E-state index is 12.9. The second-order valence-electron chi connectivity index (χ2n) is 7.58. The lowest BCUT2D eigenvalue weighted by atomic mass is 9.95. The number of rotatable bonds is 3. The number of hydrogen-bond donors (Lipinski definition) is 1. The number of nitrogens with zero attached hydrogens (tertiary/aromatic N) is 3. The third kappa shape index (κ3) is 3.87. The van der Waals surface area contributed by atoms with Crippen molar-refractivity contribution in [1.82, 2.24) is 19.8 Å². The molecule has 2 aliphatic heterocycles. The summed E-state index contributed by atoms with van der Waals surface area (Å²) in [5, 5.41) is 3.94. The Labute approximate surface area is 167 Å². The lowest BCUT2D eigenvalue weighted by molar-refractivity contribution is -0.139. The first-order valence-corrected chi connectivity index (χ1v) is 10.6. The molecule has 2 amide bonds. The third-order valence-corrected chi connectivity index (χ3v) is 6.44. The number of carbonyl (C=O) groups excluding carboxylic acids is 2. The number of hydrogen-bond acceptors (Lipinski definition) is 5. The monoisotopic (exact) mass is 400 g/mol. The van der Waals surface area contributed by atoms with Gasteiger partial charge in [0.25, 0.3) is 5.56 Å². The molecule has 148 valence electrons. The summed E-state index contributed by atoms with van der Waals surface area (Å²) in [7, 11) is 0. The summed E-state index contributed by atoms with van der Waals surface area (Å²) in [6, 6.07) is 3.47. The van der Waals surface area contributed by atoms with Gasteiger partial charge in [-0.2, -0.15) is 11.3 Å². The number of amides is 2. The van der Waals surface area contributed by atoms with Crippen molar-refractivity contribution in [2.45, 2.75) is 32.1 Å². The summed E-state index contributed by atoms with van der Waals surface area (Å²) >= 11 is 1.57. The maximum Gasteiger partial charge on any atom is 0.251 e. The molecule has 2 aromatic heterocycles. The highest BCUT2D eigenvalue weighted by molar-refractivity contribution is 7.08. The highest BCUT2D eigenvalue weighted by atomic mass is 32.1. The highest BCUT2D eigenvalue weighted by Gasteiger charge is 2.34. The van der Waals surface area contributed by atoms with Gasteiger partial charge in [-0.3, -0.25) is 14.4 Å². The lowest BCUT2D eigenvalue weighted by Crippen LogP contribution is -2.43. The fourth-order valence-electron chi connectivity index (χ4n) is 4.11. The molecule has 1 atom stereocenters. The number of aromatic nitrogens is 2. The summed E-state index contributed by atoms with van der Waals surface area (Å²) < 4.78 is 0. The Morgan fingerprint density at radius 1 is 1.18 bits per heavy atom. The van der Waals surface area contributed by atoms with Crippen LogP contribution in [-0.4, -0.2) is 57.8 Å². The van der Waals surface area contributed by atoms with Crippen molar-refractivity contribution in [3.05, 3.63) is 39.1 Å². The fourth-order valence-corrected chi connectivity index (χ4v) is 4.76. The van der Waals surface area contributed by atoms with Crippen LogP contribution in [0.1, 0.15) is 37.9 Å². The van der Waals surface area contributed by atoms with Gasteiger partial charge in [0.05, 0.1) is 5.69 Å². The first-order chi connectivity index (χ1) is 13.5. The van der Waals surface area contributed by atoms with Gasteiger partial charge in [-0.1, -0.05) is 0 Å². The van der Waals surface area contributed by atoms with Crippen LogP contribution in [0.25, 0.3) is 11.3 Å². The Morgan fingerprint density at radius 3 is 2.61 bits per heavy atom. The van der Waals surface area contributed by atoms with E-state index >= 15 is 0 Å². The van der Waals surface area contributed by atoms with Crippen molar-refractivity contribution >= 4 is 23.2 Å². The predicted octanol–water partition coefficient (Wildman–Crippen LogP) is 2.07. The number of nitrogens with one attached hydrogen (secondary N) is 1. The first kappa shape index (κ1) is 18.9. The molecule has 2 aromatic rings. The molecular weight excluding hydrogens is 376 g/mol. The van der Waals surface area contributed by atoms with E-state index in [1.165, 1.54) is 6.07 Å². The van der Waals surface area contributed by atoms with E-state index in [1.807, 2.05) is 21.7 Å². The molecular formula is C20H24N4O3S. The van der Waals surface area contributed by atoms with Gasteiger partial charge in [0.15, 0.2) is 0 Å². The molecule has 4 heterocycles. The molecule has 0 bridgehead atoms. The molecule has 0 aliphatic carbocycles. The molecule has 4 rings (SSSR count). The molecule has 2 fully saturated rings. The van der Waals surface area contributed by atoms with Crippen molar-refractivity contribution < 1.29 is 9.59 Å². The zero-order valence-electron chi connectivity index (χ0n) is 15.9. The van der Waals surface area contributed by atoms with Crippen molar-refractivity contribution in [2.24, 2.45) is 5.92 Å². The standard InChI is InChI=1S/C20H24N4O3S/c1-13(25)23-6-2-14(3-7-23)20(27)24-8-4-15(11-24)19-21-17(10-18(26)22-19)16-5-9-28-12-16/h5,9-10,12,14-15H,2-4,6-8,11H2,1H3,(H,21,22,26)/t15-/m1/s1. The van der Waals surface area contributed by atoms with E-state index < -0.39 is 0 Å². The lowest BCUT2D eigenvalue weighted by Gasteiger charge is -2.32. The molecule has 0 spiro atoms. The largest absolute Gasteiger partial charge is 0.343 e. The number of likely N-dealkylation sites (tertiary alicyclic amines) is 2. The Bertz CT molecular complexity index is 916. The van der Waals surface area contributed by atoms with Gasteiger partial charge < -0.3 is 14.8 Å². The quantitative estimate of drug-likeness (QED) is 0.855. The third-order valence-electron chi connectivity index (χ3n) is 5.75. The van der Waals surface area contributed by atoms with Crippen LogP contribution in [0, 0.1) is 5.92 Å². The topological polar surface area (TPSA) is 86.4 Å². The van der Waals surface area contributed by atoms with E-state index in [4.69, 9.17) is 0 Å². The molecule has 0 aromatic carbocycles. The van der Waals surface area contributed by atoms with E-state index in [0.717, 1.165) is 24.8 Å². The van der Waals surface area contributed by atoms with Crippen LogP contribution in [0.5, 0.6) is 0 Å². The average Bonchev–Trinajstić information content (AvgIpc) is 3.39. The van der Waals surface area contributed by atoms with Crippen LogP contribution in [0.3, 0.4) is 0 Å². The fraction of sp³-hybridized carbons (Fsp3) is 0.500. The minimum atomic E-state index is -0.160. The summed E-state index contributed by atoms with van der Waals surface area (Å²) in [4.78, 5) is 47.7. The molecule has 0 radical (unpaired) electrons. The summed E-state index contributed by atoms with van der Waals surface area (Å²) in [6.45, 7) is 4.15. The van der Waals surface area contributed by atoms with Crippen molar-refractivity contribution in [3.63, 3.8) is 0 Å². The number of piperidine rings is 1. The van der Waals surface area contributed by atoms with Crippen LogP contribution in [0.4, 0.5) is 0 Å². The molecule has 2 saturated heterocycles. The molecule has 2 aliphatic rings. The first-order valence-electron chi connectivity index (χ1n) is 9.69. The second-order valence-corrected chi connectivity index (χ2v) is 8.36. The molecule has 0 unspecified atom stereocenters. The Morgan fingerprint density at radius 2 is 1.93 bits per heavy atom. The van der Waals surface area contributed by atoms with Gasteiger partial charge in [0, 0.05) is 61.9 Å². The molecule has 0 saturated carbocycles. The molecule has 28 heavy (non-hydrogen) atoms. The van der Waals surface area contributed by atoms with Crippen LogP contribution in [-0.2, 0) is 9.59 Å². The highest BCUT2D eigenvalue weighted by Crippen LogP contribution is 2.29. The summed E-state index contributed by atoms with van der Waals surface area (Å²) in [5.74, 6) is 0.941. The number of aromatic amines is 1. The van der Waals surface area contributed by atoms with E-state index in [-0.39, 0.29) is 29.2 Å². The zero-order valence-corrected chi connectivity index (χ0v) is 16.7. The van der Waals surface area contributed by atoms with Crippen molar-refractivity contribution in [3.8, 4) is 11.3 Å². The van der Waals surface area contributed by atoms with Crippen molar-refractivity contribution in [1.29, 1.82) is 0 Å². The normalized spacial score (nSPS) is 20.5. The molecule has 8 heteroatoms. The van der Waals surface area contributed by atoms with E-state index in [9.17, 15) is 14.4 Å². The minimum Gasteiger partial charge on any atom is -0.343 e. The van der Waals surface area contributed by atoms with Gasteiger partial charge in [-0.05, 0) is 30.7 Å². The Balaban J connectivity index is 1.42. The van der Waals surface area contributed by atoms with Gasteiger partial charge in [-0.25, -0.2) is 4.98 Å².